The summed E-state index contributed by atoms with van der Waals surface area (Å²) in [6.07, 6.45) is 2.79. The van der Waals surface area contributed by atoms with E-state index in [1.165, 1.54) is 6.08 Å². The van der Waals surface area contributed by atoms with Crippen LogP contribution in [0.1, 0.15) is 8.35 Å². The van der Waals surface area contributed by atoms with E-state index >= 15 is 0 Å². The molecule has 0 rings (SSSR count). The van der Waals surface area contributed by atoms with Crippen molar-refractivity contribution in [3.63, 3.8) is 0 Å². The van der Waals surface area contributed by atoms with Crippen LogP contribution in [-0.4, -0.2) is 5.97 Å². The summed E-state index contributed by atoms with van der Waals surface area (Å²) < 4.78 is 0. The molecule has 2 N–H and O–H groups in total. The van der Waals surface area contributed by atoms with E-state index in [9.17, 15) is 4.79 Å². The zero-order valence-electron chi connectivity index (χ0n) is 6.05. The third kappa shape index (κ3) is 6.17. The Morgan fingerprint density at radius 3 is 2.50 bits per heavy atom. The number of hydrogen-bond acceptors (Lipinski definition) is 3. The van der Waals surface area contributed by atoms with Crippen LogP contribution in [0.2, 0.25) is 0 Å². The molecule has 0 fully saturated rings. The van der Waals surface area contributed by atoms with E-state index in [1.807, 2.05) is 0 Å². The minimum absolute atomic E-state index is 0. The first kappa shape index (κ1) is 11.0. The predicted octanol–water partition coefficient (Wildman–Crippen LogP) is -2.90. The molecule has 0 unspecified atom stereocenters. The Kier molecular flexibility index (Phi) is 9.89. The molecule has 0 radical (unpaired) electrons. The van der Waals surface area contributed by atoms with Crippen molar-refractivity contribution in [3.05, 3.63) is 12.2 Å². The third-order valence-electron chi connectivity index (χ3n) is 0.419. The Hall–Kier alpha value is 0.170. The summed E-state index contributed by atoms with van der Waals surface area (Å²) in [6.45, 7) is 1.71. The maximum absolute atomic E-state index is 9.98. The molecule has 0 aromatic rings. The molecule has 42 valence electrons. The molecule has 0 atom stereocenters. The smallest absolute Gasteiger partial charge is 1.00 e. The van der Waals surface area contributed by atoms with Crippen LogP contribution in [0.4, 0.5) is 0 Å². The van der Waals surface area contributed by atoms with Gasteiger partial charge in [-0.3, -0.25) is 0 Å². The molecular formula is C4H8NNaO2. The van der Waals surface area contributed by atoms with Gasteiger partial charge in [0, 0.05) is 6.08 Å². The Labute approximate surface area is 71.6 Å². The van der Waals surface area contributed by atoms with Crippen LogP contribution >= 0.6 is 0 Å². The average molecular weight is 125 g/mol. The van der Waals surface area contributed by atoms with Crippen molar-refractivity contribution in [2.24, 2.45) is 5.90 Å². The van der Waals surface area contributed by atoms with E-state index in [1.54, 1.807) is 13.0 Å². The number of carbonyl (C=O) groups is 1. The number of hydrogen-bond donors (Lipinski definition) is 1. The van der Waals surface area contributed by atoms with Gasteiger partial charge in [-0.1, -0.05) is 6.08 Å². The fraction of sp³-hybridized carbons (Fsp3) is 0.250. The van der Waals surface area contributed by atoms with E-state index in [-0.39, 0.29) is 31.0 Å². The van der Waals surface area contributed by atoms with Crippen LogP contribution < -0.4 is 35.5 Å². The van der Waals surface area contributed by atoms with Gasteiger partial charge < -0.3 is 6.26 Å². The van der Waals surface area contributed by atoms with E-state index in [4.69, 9.17) is 0 Å². The zero-order chi connectivity index (χ0) is 5.70. The largest absolute Gasteiger partial charge is 1.00 e. The van der Waals surface area contributed by atoms with Crippen LogP contribution in [-0.2, 0) is 9.63 Å². The van der Waals surface area contributed by atoms with Crippen LogP contribution in [0.5, 0.6) is 0 Å². The zero-order valence-corrected chi connectivity index (χ0v) is 7.05. The molecule has 0 aromatic carbocycles. The molecule has 4 heteroatoms. The molecule has 0 bridgehead atoms. The minimum atomic E-state index is -0.525. The van der Waals surface area contributed by atoms with Crippen molar-refractivity contribution in [1.82, 2.24) is 0 Å². The quantitative estimate of drug-likeness (QED) is 0.232. The third-order valence-corrected chi connectivity index (χ3v) is 0.419. The molecule has 0 aromatic heterocycles. The second kappa shape index (κ2) is 7.17. The molecule has 3 nitrogen and oxygen atoms in total. The van der Waals surface area contributed by atoms with Crippen LogP contribution in [0.25, 0.3) is 0 Å². The van der Waals surface area contributed by atoms with Gasteiger partial charge in [0.15, 0.2) is 0 Å². The number of rotatable bonds is 1. The van der Waals surface area contributed by atoms with E-state index in [0.717, 1.165) is 0 Å². The van der Waals surface area contributed by atoms with Gasteiger partial charge >= 0.3 is 35.5 Å². The summed E-state index contributed by atoms with van der Waals surface area (Å²) in [4.78, 5) is 13.7. The van der Waals surface area contributed by atoms with Gasteiger partial charge in [0.25, 0.3) is 0 Å². The maximum Gasteiger partial charge on any atom is 1.00 e. The summed E-state index contributed by atoms with van der Waals surface area (Å²) in [6, 6.07) is 0. The summed E-state index contributed by atoms with van der Waals surface area (Å²) in [5, 5.41) is 0. The van der Waals surface area contributed by atoms with Crippen molar-refractivity contribution in [1.29, 1.82) is 0 Å². The SMILES string of the molecule is CC=CC(=O)ON.[H-].[Na+]. The second-order valence-corrected chi connectivity index (χ2v) is 0.937. The van der Waals surface area contributed by atoms with Crippen molar-refractivity contribution in [2.75, 3.05) is 0 Å². The van der Waals surface area contributed by atoms with Gasteiger partial charge in [-0.2, -0.15) is 5.90 Å². The topological polar surface area (TPSA) is 52.3 Å². The molecule has 0 heterocycles. The van der Waals surface area contributed by atoms with E-state index in [2.05, 4.69) is 10.7 Å². The standard InChI is InChI=1S/C4H7NO2.Na.H/c1-2-3-4(6)7-5;;/h2-3H,5H2,1H3;;/q;+1;-1. The van der Waals surface area contributed by atoms with E-state index < -0.39 is 5.97 Å². The van der Waals surface area contributed by atoms with Gasteiger partial charge in [0.2, 0.25) is 0 Å². The van der Waals surface area contributed by atoms with E-state index in [0.29, 0.717) is 0 Å². The van der Waals surface area contributed by atoms with Gasteiger partial charge in [0.05, 0.1) is 0 Å². The maximum atomic E-state index is 9.98. The molecule has 0 aliphatic rings. The Morgan fingerprint density at radius 1 is 1.88 bits per heavy atom. The monoisotopic (exact) mass is 125 g/mol. The molecule has 0 aliphatic heterocycles. The first-order chi connectivity index (χ1) is 3.31. The fourth-order valence-corrected chi connectivity index (χ4v) is 0.175. The van der Waals surface area contributed by atoms with Gasteiger partial charge in [-0.15, -0.1) is 0 Å². The summed E-state index contributed by atoms with van der Waals surface area (Å²) in [5.41, 5.74) is 0. The average Bonchev–Trinajstić information content (AvgIpc) is 1.68. The molecule has 0 saturated heterocycles. The van der Waals surface area contributed by atoms with Gasteiger partial charge in [-0.25, -0.2) is 4.79 Å². The van der Waals surface area contributed by atoms with Crippen LogP contribution in [0, 0.1) is 0 Å². The number of carbonyl (C=O) groups excluding carboxylic acids is 1. The van der Waals surface area contributed by atoms with Gasteiger partial charge in [0.1, 0.15) is 0 Å². The predicted molar refractivity (Wildman–Crippen MR) is 26.2 cm³/mol. The molecule has 0 amide bonds. The minimum Gasteiger partial charge on any atom is -1.00 e. The summed E-state index contributed by atoms with van der Waals surface area (Å²) >= 11 is 0. The fourth-order valence-electron chi connectivity index (χ4n) is 0.175. The Bertz CT molecular complexity index is 96.6. The molecule has 0 saturated carbocycles. The normalized spacial score (nSPS) is 8.25. The number of nitrogens with two attached hydrogens (primary N) is 1. The first-order valence-electron chi connectivity index (χ1n) is 1.84. The summed E-state index contributed by atoms with van der Waals surface area (Å²) in [7, 11) is 0. The van der Waals surface area contributed by atoms with Crippen molar-refractivity contribution < 1.29 is 40.6 Å². The van der Waals surface area contributed by atoms with Crippen LogP contribution in [0.15, 0.2) is 12.2 Å². The molecular weight excluding hydrogens is 117 g/mol. The Morgan fingerprint density at radius 2 is 2.38 bits per heavy atom. The summed E-state index contributed by atoms with van der Waals surface area (Å²) in [5.74, 6) is 3.93. The molecule has 8 heavy (non-hydrogen) atoms. The second-order valence-electron chi connectivity index (χ2n) is 0.937. The van der Waals surface area contributed by atoms with Crippen molar-refractivity contribution in [2.45, 2.75) is 6.92 Å². The molecule has 0 spiro atoms. The molecule has 0 aliphatic carbocycles. The van der Waals surface area contributed by atoms with Gasteiger partial charge in [-0.05, 0) is 6.92 Å². The van der Waals surface area contributed by atoms with Crippen LogP contribution in [0.3, 0.4) is 0 Å². The first-order valence-corrected chi connectivity index (χ1v) is 1.84. The van der Waals surface area contributed by atoms with Crippen molar-refractivity contribution in [3.8, 4) is 0 Å². The number of allylic oxidation sites excluding steroid dienone is 1. The van der Waals surface area contributed by atoms with Crippen molar-refractivity contribution >= 4 is 5.97 Å². The Balaban J connectivity index is -0.000000180.